The molecule has 0 aromatic heterocycles. The summed E-state index contributed by atoms with van der Waals surface area (Å²) in [5, 5.41) is 27.5. The van der Waals surface area contributed by atoms with Gasteiger partial charge in [0.2, 0.25) is 0 Å². The van der Waals surface area contributed by atoms with E-state index in [1.54, 1.807) is 0 Å². The Morgan fingerprint density at radius 2 is 2.15 bits per heavy atom. The normalized spacial score (nSPS) is 40.6. The van der Waals surface area contributed by atoms with Gasteiger partial charge in [-0.3, -0.25) is 0 Å². The summed E-state index contributed by atoms with van der Waals surface area (Å²) < 4.78 is 10.3. The lowest BCUT2D eigenvalue weighted by Crippen LogP contribution is -2.50. The minimum Gasteiger partial charge on any atom is -0.394 e. The van der Waals surface area contributed by atoms with Crippen LogP contribution in [0.2, 0.25) is 0 Å². The van der Waals surface area contributed by atoms with Crippen LogP contribution in [0.5, 0.6) is 0 Å². The maximum atomic E-state index is 9.36. The van der Waals surface area contributed by atoms with Gasteiger partial charge in [-0.05, 0) is 6.92 Å². The van der Waals surface area contributed by atoms with Crippen molar-refractivity contribution in [3.63, 3.8) is 0 Å². The fraction of sp³-hybridized carbons (Fsp3) is 1.00. The summed E-state index contributed by atoms with van der Waals surface area (Å²) in [4.78, 5) is 0. The van der Waals surface area contributed by atoms with E-state index in [9.17, 15) is 10.2 Å². The van der Waals surface area contributed by atoms with Gasteiger partial charge in [0, 0.05) is 13.0 Å². The van der Waals surface area contributed by atoms with E-state index in [0.717, 1.165) is 0 Å². The number of aliphatic hydroxyl groups is 3. The highest BCUT2D eigenvalue weighted by molar-refractivity contribution is 4.82. The topological polar surface area (TPSA) is 79.2 Å². The molecule has 0 saturated carbocycles. The minimum atomic E-state index is -1.03. The van der Waals surface area contributed by atoms with Crippen LogP contribution < -0.4 is 0 Å². The van der Waals surface area contributed by atoms with Crippen molar-refractivity contribution < 1.29 is 24.8 Å². The summed E-state index contributed by atoms with van der Waals surface area (Å²) in [5.74, 6) is 0. The Morgan fingerprint density at radius 1 is 1.46 bits per heavy atom. The van der Waals surface area contributed by atoms with E-state index >= 15 is 0 Å². The molecule has 0 radical (unpaired) electrons. The molecule has 4 atom stereocenters. The van der Waals surface area contributed by atoms with Crippen LogP contribution in [0.25, 0.3) is 0 Å². The Hall–Kier alpha value is -0.200. The molecule has 5 nitrogen and oxygen atoms in total. The molecule has 5 heteroatoms. The molecule has 0 bridgehead atoms. The molecule has 0 amide bonds. The predicted molar refractivity (Wildman–Crippen MR) is 44.0 cm³/mol. The third-order valence-electron chi connectivity index (χ3n) is 2.07. The van der Waals surface area contributed by atoms with E-state index in [2.05, 4.69) is 0 Å². The molecule has 1 fully saturated rings. The lowest BCUT2D eigenvalue weighted by molar-refractivity contribution is -0.255. The smallest absolute Gasteiger partial charge is 0.160 e. The molecule has 1 heterocycles. The Kier molecular flexibility index (Phi) is 4.08. The average Bonchev–Trinajstić information content (AvgIpc) is 2.11. The average molecular weight is 192 g/mol. The molecule has 1 aliphatic rings. The molecule has 0 aliphatic carbocycles. The first kappa shape index (κ1) is 10.9. The van der Waals surface area contributed by atoms with Crippen molar-refractivity contribution in [2.75, 3.05) is 13.2 Å². The van der Waals surface area contributed by atoms with Crippen LogP contribution in [0.15, 0.2) is 0 Å². The zero-order valence-electron chi connectivity index (χ0n) is 7.59. The molecule has 1 rings (SSSR count). The summed E-state index contributed by atoms with van der Waals surface area (Å²) in [6, 6.07) is 0. The quantitative estimate of drug-likeness (QED) is 0.526. The first-order chi connectivity index (χ1) is 6.19. The maximum Gasteiger partial charge on any atom is 0.160 e. The van der Waals surface area contributed by atoms with Gasteiger partial charge in [0.05, 0.1) is 12.7 Å². The van der Waals surface area contributed by atoms with Crippen molar-refractivity contribution in [1.29, 1.82) is 0 Å². The molecular weight excluding hydrogens is 176 g/mol. The van der Waals surface area contributed by atoms with Crippen LogP contribution in [0.4, 0.5) is 0 Å². The number of hydrogen-bond donors (Lipinski definition) is 3. The van der Waals surface area contributed by atoms with E-state index in [1.165, 1.54) is 0 Å². The van der Waals surface area contributed by atoms with Gasteiger partial charge in [-0.2, -0.15) is 0 Å². The SMILES string of the molecule is CCO[C@H]1C[C@@H](O)[C@H](O)C(CO)O1. The van der Waals surface area contributed by atoms with Crippen molar-refractivity contribution in [3.05, 3.63) is 0 Å². The van der Waals surface area contributed by atoms with E-state index < -0.39 is 24.6 Å². The first-order valence-corrected chi connectivity index (χ1v) is 4.43. The second-order valence-corrected chi connectivity index (χ2v) is 3.04. The Bertz CT molecular complexity index is 151. The summed E-state index contributed by atoms with van der Waals surface area (Å²) in [6.45, 7) is 1.97. The van der Waals surface area contributed by atoms with Crippen molar-refractivity contribution in [1.82, 2.24) is 0 Å². The largest absolute Gasteiger partial charge is 0.394 e. The maximum absolute atomic E-state index is 9.36. The number of ether oxygens (including phenoxy) is 2. The molecule has 0 aromatic carbocycles. The minimum absolute atomic E-state index is 0.242. The van der Waals surface area contributed by atoms with Crippen LogP contribution >= 0.6 is 0 Å². The van der Waals surface area contributed by atoms with Gasteiger partial charge >= 0.3 is 0 Å². The highest BCUT2D eigenvalue weighted by atomic mass is 16.7. The van der Waals surface area contributed by atoms with E-state index in [-0.39, 0.29) is 13.0 Å². The highest BCUT2D eigenvalue weighted by Crippen LogP contribution is 2.20. The molecule has 0 aromatic rings. The molecule has 1 unspecified atom stereocenters. The molecular formula is C8H16O5. The molecule has 13 heavy (non-hydrogen) atoms. The van der Waals surface area contributed by atoms with E-state index in [1.807, 2.05) is 6.92 Å². The van der Waals surface area contributed by atoms with Crippen LogP contribution in [0.3, 0.4) is 0 Å². The van der Waals surface area contributed by atoms with Gasteiger partial charge in [0.15, 0.2) is 6.29 Å². The number of rotatable bonds is 3. The van der Waals surface area contributed by atoms with Crippen molar-refractivity contribution in [3.8, 4) is 0 Å². The predicted octanol–water partition coefficient (Wildman–Crippen LogP) is -1.15. The zero-order chi connectivity index (χ0) is 9.84. The second kappa shape index (κ2) is 4.88. The van der Waals surface area contributed by atoms with Gasteiger partial charge in [0.1, 0.15) is 12.2 Å². The molecule has 78 valence electrons. The Morgan fingerprint density at radius 3 is 2.69 bits per heavy atom. The van der Waals surface area contributed by atoms with E-state index in [0.29, 0.717) is 6.61 Å². The molecule has 3 N–H and O–H groups in total. The summed E-state index contributed by atoms with van der Waals surface area (Å²) in [6.07, 6.45) is -2.95. The van der Waals surface area contributed by atoms with Crippen molar-refractivity contribution >= 4 is 0 Å². The first-order valence-electron chi connectivity index (χ1n) is 4.43. The van der Waals surface area contributed by atoms with Gasteiger partial charge < -0.3 is 24.8 Å². The molecule has 1 aliphatic heterocycles. The molecule has 1 saturated heterocycles. The summed E-state index contributed by atoms with van der Waals surface area (Å²) in [5.41, 5.74) is 0. The van der Waals surface area contributed by atoms with E-state index in [4.69, 9.17) is 14.6 Å². The second-order valence-electron chi connectivity index (χ2n) is 3.04. The Balaban J connectivity index is 2.47. The molecule has 0 spiro atoms. The van der Waals surface area contributed by atoms with Gasteiger partial charge in [0.25, 0.3) is 0 Å². The van der Waals surface area contributed by atoms with Crippen LogP contribution in [0, 0.1) is 0 Å². The lowest BCUT2D eigenvalue weighted by atomic mass is 10.0. The standard InChI is InChI=1S/C8H16O5/c1-2-12-7-3-5(10)8(11)6(4-9)13-7/h5-11H,2-4H2,1H3/t5-,6?,7-,8+/m1/s1. The number of hydrogen-bond acceptors (Lipinski definition) is 5. The van der Waals surface area contributed by atoms with Crippen LogP contribution in [-0.4, -0.2) is 53.1 Å². The van der Waals surface area contributed by atoms with Gasteiger partial charge in [-0.1, -0.05) is 0 Å². The van der Waals surface area contributed by atoms with Gasteiger partial charge in [-0.15, -0.1) is 0 Å². The fourth-order valence-corrected chi connectivity index (χ4v) is 1.36. The number of aliphatic hydroxyl groups excluding tert-OH is 3. The zero-order valence-corrected chi connectivity index (χ0v) is 7.59. The third kappa shape index (κ3) is 2.62. The highest BCUT2D eigenvalue weighted by Gasteiger charge is 2.36. The monoisotopic (exact) mass is 192 g/mol. The summed E-state index contributed by atoms with van der Waals surface area (Å²) in [7, 11) is 0. The third-order valence-corrected chi connectivity index (χ3v) is 2.07. The van der Waals surface area contributed by atoms with Crippen molar-refractivity contribution in [2.24, 2.45) is 0 Å². The Labute approximate surface area is 76.9 Å². The van der Waals surface area contributed by atoms with Crippen molar-refractivity contribution in [2.45, 2.75) is 37.9 Å². The fourth-order valence-electron chi connectivity index (χ4n) is 1.36. The summed E-state index contributed by atoms with van der Waals surface area (Å²) >= 11 is 0. The van der Waals surface area contributed by atoms with Crippen LogP contribution in [-0.2, 0) is 9.47 Å². The van der Waals surface area contributed by atoms with Crippen LogP contribution in [0.1, 0.15) is 13.3 Å². The van der Waals surface area contributed by atoms with Gasteiger partial charge in [-0.25, -0.2) is 0 Å². The lowest BCUT2D eigenvalue weighted by Gasteiger charge is -2.35.